The molecule has 1 fully saturated rings. The summed E-state index contributed by atoms with van der Waals surface area (Å²) in [6.07, 6.45) is 1.93. The number of nitrogens with one attached hydrogen (secondary N) is 2. The molecule has 5 nitrogen and oxygen atoms in total. The quantitative estimate of drug-likeness (QED) is 0.634. The van der Waals surface area contributed by atoms with Crippen LogP contribution in [0.5, 0.6) is 0 Å². The normalized spacial score (nSPS) is 16.2. The van der Waals surface area contributed by atoms with Gasteiger partial charge in [0.1, 0.15) is 11.4 Å². The zero-order chi connectivity index (χ0) is 19.6. The number of furan rings is 1. The third-order valence-electron chi connectivity index (χ3n) is 5.32. The Morgan fingerprint density at radius 1 is 1.14 bits per heavy atom. The van der Waals surface area contributed by atoms with Gasteiger partial charge in [-0.05, 0) is 73.8 Å². The van der Waals surface area contributed by atoms with Crippen LogP contribution >= 0.6 is 0 Å². The molecule has 3 N–H and O–H groups in total. The molecule has 1 aromatic heterocycles. The van der Waals surface area contributed by atoms with Crippen LogP contribution < -0.4 is 10.6 Å². The molecule has 6 heteroatoms. The van der Waals surface area contributed by atoms with Crippen molar-refractivity contribution in [2.75, 3.05) is 19.6 Å². The molecule has 1 aliphatic rings. The zero-order valence-electron chi connectivity index (χ0n) is 15.5. The highest BCUT2D eigenvalue weighted by molar-refractivity contribution is 5.96. The Morgan fingerprint density at radius 2 is 1.89 bits per heavy atom. The van der Waals surface area contributed by atoms with Crippen LogP contribution in [0, 0.1) is 5.82 Å². The number of piperidine rings is 1. The second kappa shape index (κ2) is 7.73. The summed E-state index contributed by atoms with van der Waals surface area (Å²) in [5, 5.41) is 17.8. The number of benzene rings is 2. The van der Waals surface area contributed by atoms with Crippen molar-refractivity contribution in [2.45, 2.75) is 24.9 Å². The average Bonchev–Trinajstić information content (AvgIpc) is 3.13. The van der Waals surface area contributed by atoms with E-state index >= 15 is 0 Å². The molecular weight excluding hydrogens is 359 g/mol. The Hall–Kier alpha value is -2.70. The minimum atomic E-state index is -0.839. The van der Waals surface area contributed by atoms with Crippen LogP contribution in [0.1, 0.15) is 34.5 Å². The molecule has 1 saturated heterocycles. The first-order valence-electron chi connectivity index (χ1n) is 9.53. The second-order valence-electron chi connectivity index (χ2n) is 7.28. The van der Waals surface area contributed by atoms with Gasteiger partial charge in [-0.1, -0.05) is 18.2 Å². The zero-order valence-corrected chi connectivity index (χ0v) is 15.5. The smallest absolute Gasteiger partial charge is 0.287 e. The number of amides is 1. The molecule has 2 aromatic carbocycles. The topological polar surface area (TPSA) is 74.5 Å². The van der Waals surface area contributed by atoms with E-state index in [1.54, 1.807) is 24.3 Å². The number of hydrogen-bond donors (Lipinski definition) is 3. The lowest BCUT2D eigenvalue weighted by molar-refractivity contribution is 0.00605. The van der Waals surface area contributed by atoms with E-state index in [4.69, 9.17) is 4.42 Å². The van der Waals surface area contributed by atoms with Crippen LogP contribution in [-0.4, -0.2) is 30.6 Å². The summed E-state index contributed by atoms with van der Waals surface area (Å²) in [6.45, 7) is 1.99. The standard InChI is InChI=1S/C22H23FN2O3/c23-18-4-1-15(2-5-18)7-10-25-21(26)20-14-16-13-17(3-6-19(16)28-20)22(27)8-11-24-12-9-22/h1-6,13-14,24,27H,7-12H2,(H,25,26). The molecule has 0 radical (unpaired) electrons. The SMILES string of the molecule is O=C(NCCc1ccc(F)cc1)c1cc2cc(C3(O)CCNCC3)ccc2o1. The van der Waals surface area contributed by atoms with E-state index < -0.39 is 5.60 Å². The molecule has 0 saturated carbocycles. The predicted molar refractivity (Wildman–Crippen MR) is 105 cm³/mol. The molecule has 0 spiro atoms. The first-order chi connectivity index (χ1) is 13.5. The Morgan fingerprint density at radius 3 is 2.64 bits per heavy atom. The van der Waals surface area contributed by atoms with Crippen molar-refractivity contribution in [1.82, 2.24) is 10.6 Å². The largest absolute Gasteiger partial charge is 0.451 e. The van der Waals surface area contributed by atoms with Crippen LogP contribution in [0.25, 0.3) is 11.0 Å². The first kappa shape index (κ1) is 18.7. The highest BCUT2D eigenvalue weighted by Crippen LogP contribution is 2.33. The fraction of sp³-hybridized carbons (Fsp3) is 0.318. The van der Waals surface area contributed by atoms with Crippen LogP contribution in [-0.2, 0) is 12.0 Å². The molecule has 1 aliphatic heterocycles. The van der Waals surface area contributed by atoms with Gasteiger partial charge in [-0.25, -0.2) is 4.39 Å². The molecular formula is C22H23FN2O3. The number of rotatable bonds is 5. The molecule has 4 rings (SSSR count). The number of carbonyl (C=O) groups excluding carboxylic acids is 1. The van der Waals surface area contributed by atoms with Crippen molar-refractivity contribution in [3.63, 3.8) is 0 Å². The third kappa shape index (κ3) is 3.93. The Labute approximate surface area is 162 Å². The van der Waals surface area contributed by atoms with Gasteiger partial charge in [0.2, 0.25) is 0 Å². The van der Waals surface area contributed by atoms with Gasteiger partial charge in [0.25, 0.3) is 5.91 Å². The Kier molecular flexibility index (Phi) is 5.15. The molecule has 0 bridgehead atoms. The number of hydrogen-bond acceptors (Lipinski definition) is 4. The van der Waals surface area contributed by atoms with Crippen molar-refractivity contribution in [3.8, 4) is 0 Å². The van der Waals surface area contributed by atoms with E-state index in [1.807, 2.05) is 12.1 Å². The Bertz CT molecular complexity index is 975. The summed E-state index contributed by atoms with van der Waals surface area (Å²) in [7, 11) is 0. The lowest BCUT2D eigenvalue weighted by Crippen LogP contribution is -2.39. The van der Waals surface area contributed by atoms with E-state index in [0.29, 0.717) is 31.4 Å². The summed E-state index contributed by atoms with van der Waals surface area (Å²) in [5.41, 5.74) is 1.58. The van der Waals surface area contributed by atoms with E-state index in [2.05, 4.69) is 10.6 Å². The monoisotopic (exact) mass is 382 g/mol. The highest BCUT2D eigenvalue weighted by atomic mass is 19.1. The second-order valence-corrected chi connectivity index (χ2v) is 7.28. The van der Waals surface area contributed by atoms with Crippen LogP contribution in [0.4, 0.5) is 4.39 Å². The van der Waals surface area contributed by atoms with Gasteiger partial charge in [0.05, 0.1) is 5.60 Å². The predicted octanol–water partition coefficient (Wildman–Crippen LogP) is 3.12. The van der Waals surface area contributed by atoms with Gasteiger partial charge >= 0.3 is 0 Å². The van der Waals surface area contributed by atoms with Crippen molar-refractivity contribution < 1.29 is 18.7 Å². The average molecular weight is 382 g/mol. The number of fused-ring (bicyclic) bond motifs is 1. The summed E-state index contributed by atoms with van der Waals surface area (Å²) < 4.78 is 18.6. The van der Waals surface area contributed by atoms with Crippen molar-refractivity contribution in [3.05, 3.63) is 71.2 Å². The summed E-state index contributed by atoms with van der Waals surface area (Å²) in [4.78, 5) is 12.4. The molecule has 2 heterocycles. The summed E-state index contributed by atoms with van der Waals surface area (Å²) in [6, 6.07) is 13.5. The van der Waals surface area contributed by atoms with Crippen LogP contribution in [0.3, 0.4) is 0 Å². The molecule has 0 aliphatic carbocycles. The van der Waals surface area contributed by atoms with Crippen LogP contribution in [0.2, 0.25) is 0 Å². The van der Waals surface area contributed by atoms with Crippen molar-refractivity contribution in [1.29, 1.82) is 0 Å². The van der Waals surface area contributed by atoms with Crippen molar-refractivity contribution in [2.24, 2.45) is 0 Å². The maximum atomic E-state index is 12.9. The van der Waals surface area contributed by atoms with E-state index in [0.717, 1.165) is 29.6 Å². The van der Waals surface area contributed by atoms with E-state index in [9.17, 15) is 14.3 Å². The molecule has 1 amide bonds. The van der Waals surface area contributed by atoms with E-state index in [-0.39, 0.29) is 17.5 Å². The lowest BCUT2D eigenvalue weighted by atomic mass is 9.85. The molecule has 0 atom stereocenters. The number of aliphatic hydroxyl groups is 1. The Balaban J connectivity index is 1.43. The molecule has 28 heavy (non-hydrogen) atoms. The molecule has 146 valence electrons. The van der Waals surface area contributed by atoms with Gasteiger partial charge in [0.15, 0.2) is 5.76 Å². The van der Waals surface area contributed by atoms with Gasteiger partial charge in [-0.2, -0.15) is 0 Å². The van der Waals surface area contributed by atoms with E-state index in [1.165, 1.54) is 12.1 Å². The fourth-order valence-corrected chi connectivity index (χ4v) is 3.63. The summed E-state index contributed by atoms with van der Waals surface area (Å²) in [5.74, 6) is -0.326. The minimum absolute atomic E-state index is 0.239. The fourth-order valence-electron chi connectivity index (χ4n) is 3.63. The maximum Gasteiger partial charge on any atom is 0.287 e. The van der Waals surface area contributed by atoms with Crippen LogP contribution in [0.15, 0.2) is 52.9 Å². The van der Waals surface area contributed by atoms with Gasteiger partial charge in [-0.3, -0.25) is 4.79 Å². The molecule has 3 aromatic rings. The number of halogens is 1. The minimum Gasteiger partial charge on any atom is -0.451 e. The van der Waals surface area contributed by atoms with Gasteiger partial charge in [0, 0.05) is 11.9 Å². The highest BCUT2D eigenvalue weighted by Gasteiger charge is 2.31. The van der Waals surface area contributed by atoms with Gasteiger partial charge in [-0.15, -0.1) is 0 Å². The molecule has 0 unspecified atom stereocenters. The lowest BCUT2D eigenvalue weighted by Gasteiger charge is -2.33. The maximum absolute atomic E-state index is 12.9. The number of carbonyl (C=O) groups is 1. The van der Waals surface area contributed by atoms with Gasteiger partial charge < -0.3 is 20.2 Å². The third-order valence-corrected chi connectivity index (χ3v) is 5.32. The summed E-state index contributed by atoms with van der Waals surface area (Å²) >= 11 is 0. The first-order valence-corrected chi connectivity index (χ1v) is 9.53. The van der Waals surface area contributed by atoms with Crippen molar-refractivity contribution >= 4 is 16.9 Å².